The van der Waals surface area contributed by atoms with Crippen LogP contribution >= 0.6 is 0 Å². The van der Waals surface area contributed by atoms with Gasteiger partial charge in [0.15, 0.2) is 0 Å². The number of sulfonamides is 1. The van der Waals surface area contributed by atoms with Gasteiger partial charge in [-0.1, -0.05) is 0 Å². The van der Waals surface area contributed by atoms with Crippen molar-refractivity contribution in [3.05, 3.63) is 0 Å². The molecule has 0 radical (unpaired) electrons. The smallest absolute Gasteiger partial charge is 0.237 e. The molecule has 0 unspecified atom stereocenters. The summed E-state index contributed by atoms with van der Waals surface area (Å²) in [5.74, 6) is 0.345. The minimum absolute atomic E-state index is 0.345. The van der Waals surface area contributed by atoms with Gasteiger partial charge in [0, 0.05) is 6.54 Å². The Labute approximate surface area is 116 Å². The Morgan fingerprint density at radius 3 is 2.63 bits per heavy atom. The first-order valence-corrected chi connectivity index (χ1v) is 8.03. The Morgan fingerprint density at radius 2 is 2.16 bits per heavy atom. The number of rotatable bonds is 6. The van der Waals surface area contributed by atoms with Crippen LogP contribution in [0.25, 0.3) is 0 Å². The quantitative estimate of drug-likeness (QED) is 0.686. The lowest BCUT2D eigenvalue weighted by Gasteiger charge is -2.27. The SMILES string of the molecule is CC(C)S(=O)(=O)NC1=NCN(CCCN(C)C)CN1. The number of hydrogen-bond donors (Lipinski definition) is 2. The van der Waals surface area contributed by atoms with Crippen molar-refractivity contribution in [1.29, 1.82) is 0 Å². The summed E-state index contributed by atoms with van der Waals surface area (Å²) < 4.78 is 25.8. The average Bonchev–Trinajstić information content (AvgIpc) is 2.30. The molecule has 0 bridgehead atoms. The van der Waals surface area contributed by atoms with Crippen LogP contribution in [-0.2, 0) is 10.0 Å². The van der Waals surface area contributed by atoms with Crippen molar-refractivity contribution < 1.29 is 8.42 Å². The lowest BCUT2D eigenvalue weighted by molar-refractivity contribution is 0.246. The van der Waals surface area contributed by atoms with E-state index in [-0.39, 0.29) is 0 Å². The second kappa shape index (κ2) is 7.06. The maximum atomic E-state index is 11.7. The summed E-state index contributed by atoms with van der Waals surface area (Å²) >= 11 is 0. The Hall–Kier alpha value is -0.860. The first kappa shape index (κ1) is 16.2. The zero-order valence-corrected chi connectivity index (χ0v) is 13.0. The first-order chi connectivity index (χ1) is 8.81. The van der Waals surface area contributed by atoms with E-state index in [1.54, 1.807) is 13.8 Å². The standard InChI is InChI=1S/C11H25N5O2S/c1-10(2)19(17,18)14-11-12-8-16(9-13-11)7-5-6-15(3)4/h10H,5-9H2,1-4H3,(H2,12,13,14). The molecule has 0 saturated heterocycles. The van der Waals surface area contributed by atoms with E-state index in [1.165, 1.54) is 0 Å². The molecule has 1 aliphatic rings. The molecule has 2 N–H and O–H groups in total. The van der Waals surface area contributed by atoms with Crippen LogP contribution in [0.2, 0.25) is 0 Å². The average molecular weight is 291 g/mol. The van der Waals surface area contributed by atoms with E-state index in [0.717, 1.165) is 19.5 Å². The summed E-state index contributed by atoms with van der Waals surface area (Å²) in [5.41, 5.74) is 0. The topological polar surface area (TPSA) is 77.0 Å². The molecule has 1 aliphatic heterocycles. The molecule has 0 aromatic carbocycles. The van der Waals surface area contributed by atoms with Crippen molar-refractivity contribution in [2.75, 3.05) is 40.5 Å². The Bertz CT molecular complexity index is 405. The molecule has 112 valence electrons. The molecule has 0 aromatic rings. The predicted octanol–water partition coefficient (Wildman–Crippen LogP) is -0.558. The second-order valence-electron chi connectivity index (χ2n) is 5.23. The molecular formula is C11H25N5O2S. The van der Waals surface area contributed by atoms with E-state index in [9.17, 15) is 8.42 Å². The van der Waals surface area contributed by atoms with E-state index in [4.69, 9.17) is 0 Å². The Morgan fingerprint density at radius 1 is 1.47 bits per heavy atom. The number of nitrogens with zero attached hydrogens (tertiary/aromatic N) is 3. The van der Waals surface area contributed by atoms with Gasteiger partial charge in [0.05, 0.1) is 18.6 Å². The summed E-state index contributed by atoms with van der Waals surface area (Å²) in [4.78, 5) is 8.48. The van der Waals surface area contributed by atoms with E-state index in [2.05, 4.69) is 24.8 Å². The zero-order valence-electron chi connectivity index (χ0n) is 12.2. The fourth-order valence-corrected chi connectivity index (χ4v) is 2.19. The summed E-state index contributed by atoms with van der Waals surface area (Å²) in [6.07, 6.45) is 1.07. The molecule has 0 aliphatic carbocycles. The summed E-state index contributed by atoms with van der Waals surface area (Å²) in [7, 11) is 0.782. The van der Waals surface area contributed by atoms with Gasteiger partial charge in [0.25, 0.3) is 0 Å². The minimum Gasteiger partial charge on any atom is -0.343 e. The number of guanidine groups is 1. The number of aliphatic imine (C=N–C) groups is 1. The van der Waals surface area contributed by atoms with Gasteiger partial charge in [-0.05, 0) is 40.9 Å². The highest BCUT2D eigenvalue weighted by atomic mass is 32.2. The predicted molar refractivity (Wildman–Crippen MR) is 77.4 cm³/mol. The third kappa shape index (κ3) is 5.75. The van der Waals surface area contributed by atoms with Crippen LogP contribution in [0.1, 0.15) is 20.3 Å². The Balaban J connectivity index is 2.37. The van der Waals surface area contributed by atoms with Crippen molar-refractivity contribution in [2.45, 2.75) is 25.5 Å². The molecule has 0 aromatic heterocycles. The second-order valence-corrected chi connectivity index (χ2v) is 7.47. The van der Waals surface area contributed by atoms with Gasteiger partial charge >= 0.3 is 0 Å². The summed E-state index contributed by atoms with van der Waals surface area (Å²) in [6.45, 7) is 6.40. The van der Waals surface area contributed by atoms with Crippen LogP contribution in [0.5, 0.6) is 0 Å². The van der Waals surface area contributed by atoms with Crippen LogP contribution in [0.4, 0.5) is 0 Å². The molecule has 19 heavy (non-hydrogen) atoms. The highest BCUT2D eigenvalue weighted by Crippen LogP contribution is 1.99. The van der Waals surface area contributed by atoms with Gasteiger partial charge in [-0.25, -0.2) is 13.4 Å². The van der Waals surface area contributed by atoms with E-state index < -0.39 is 15.3 Å². The van der Waals surface area contributed by atoms with Crippen LogP contribution in [0.15, 0.2) is 4.99 Å². The highest BCUT2D eigenvalue weighted by Gasteiger charge is 2.20. The normalized spacial score (nSPS) is 17.5. The van der Waals surface area contributed by atoms with Gasteiger partial charge in [-0.15, -0.1) is 0 Å². The third-order valence-electron chi connectivity index (χ3n) is 2.84. The lowest BCUT2D eigenvalue weighted by Crippen LogP contribution is -2.51. The van der Waals surface area contributed by atoms with Crippen LogP contribution < -0.4 is 10.0 Å². The first-order valence-electron chi connectivity index (χ1n) is 6.48. The molecule has 8 heteroatoms. The van der Waals surface area contributed by atoms with Crippen molar-refractivity contribution in [3.8, 4) is 0 Å². The van der Waals surface area contributed by atoms with Crippen LogP contribution in [0.3, 0.4) is 0 Å². The molecule has 0 saturated carbocycles. The number of nitrogens with one attached hydrogen (secondary N) is 2. The maximum absolute atomic E-state index is 11.7. The maximum Gasteiger partial charge on any atom is 0.237 e. The monoisotopic (exact) mass is 291 g/mol. The molecule has 0 spiro atoms. The van der Waals surface area contributed by atoms with E-state index in [1.807, 2.05) is 14.1 Å². The van der Waals surface area contributed by atoms with Crippen molar-refractivity contribution >= 4 is 16.0 Å². The van der Waals surface area contributed by atoms with Crippen LogP contribution in [0, 0.1) is 0 Å². The van der Waals surface area contributed by atoms with Gasteiger partial charge in [0.2, 0.25) is 16.0 Å². The highest BCUT2D eigenvalue weighted by molar-refractivity contribution is 7.90. The molecule has 0 fully saturated rings. The summed E-state index contributed by atoms with van der Waals surface area (Å²) in [5, 5.41) is 2.53. The van der Waals surface area contributed by atoms with Gasteiger partial charge < -0.3 is 10.2 Å². The molecule has 7 nitrogen and oxygen atoms in total. The fraction of sp³-hybridized carbons (Fsp3) is 0.909. The van der Waals surface area contributed by atoms with E-state index >= 15 is 0 Å². The largest absolute Gasteiger partial charge is 0.343 e. The van der Waals surface area contributed by atoms with Gasteiger partial charge in [-0.2, -0.15) is 0 Å². The minimum atomic E-state index is -3.31. The molecular weight excluding hydrogens is 266 g/mol. The third-order valence-corrected chi connectivity index (χ3v) is 4.56. The fourth-order valence-electron chi connectivity index (χ4n) is 1.54. The Kier molecular flexibility index (Phi) is 6.02. The number of hydrogen-bond acceptors (Lipinski definition) is 6. The van der Waals surface area contributed by atoms with Gasteiger partial charge in [-0.3, -0.25) is 9.62 Å². The van der Waals surface area contributed by atoms with Gasteiger partial charge in [0.1, 0.15) is 0 Å². The molecule has 1 heterocycles. The van der Waals surface area contributed by atoms with Crippen molar-refractivity contribution in [1.82, 2.24) is 19.8 Å². The van der Waals surface area contributed by atoms with Crippen molar-refractivity contribution in [2.24, 2.45) is 4.99 Å². The molecule has 1 rings (SSSR count). The lowest BCUT2D eigenvalue weighted by atomic mass is 10.4. The van der Waals surface area contributed by atoms with Crippen LogP contribution in [-0.4, -0.2) is 69.9 Å². The van der Waals surface area contributed by atoms with E-state index in [0.29, 0.717) is 19.3 Å². The molecule has 0 atom stereocenters. The summed E-state index contributed by atoms with van der Waals surface area (Å²) in [6, 6.07) is 0. The molecule has 0 amide bonds. The zero-order chi connectivity index (χ0) is 14.5. The van der Waals surface area contributed by atoms with Crippen molar-refractivity contribution in [3.63, 3.8) is 0 Å².